The third kappa shape index (κ3) is 6.20. The van der Waals surface area contributed by atoms with Crippen LogP contribution in [0.3, 0.4) is 0 Å². The number of alkyl halides is 6. The second kappa shape index (κ2) is 7.55. The molecule has 0 atom stereocenters. The highest BCUT2D eigenvalue weighted by molar-refractivity contribution is 5.72. The second-order valence-electron chi connectivity index (χ2n) is 4.88. The summed E-state index contributed by atoms with van der Waals surface area (Å²) in [6.07, 6.45) is -9.92. The maximum absolute atomic E-state index is 13.0. The molecule has 1 aromatic carbocycles. The summed E-state index contributed by atoms with van der Waals surface area (Å²) in [6.45, 7) is -0.769. The molecule has 0 spiro atoms. The van der Waals surface area contributed by atoms with Gasteiger partial charge < -0.3 is 20.5 Å². The molecule has 0 radical (unpaired) electrons. The standard InChI is InChI=1S/C14H10F6N4O3/c15-13(16,17)9-5-10(24-12(23-9)21-6-11(25)26)22-7-3-1-2-4-8(7)27-14(18,19)20/h1-5H,6H2,(H,25,26)(H2,21,22,23,24). The van der Waals surface area contributed by atoms with Gasteiger partial charge in [-0.1, -0.05) is 12.1 Å². The molecule has 0 aliphatic heterocycles. The van der Waals surface area contributed by atoms with Crippen molar-refractivity contribution in [3.8, 4) is 5.75 Å². The van der Waals surface area contributed by atoms with Crippen LogP contribution < -0.4 is 15.4 Å². The number of aliphatic carboxylic acids is 1. The molecule has 0 saturated heterocycles. The average Bonchev–Trinajstić information content (AvgIpc) is 2.52. The first-order valence-corrected chi connectivity index (χ1v) is 6.98. The fraction of sp³-hybridized carbons (Fsp3) is 0.214. The second-order valence-corrected chi connectivity index (χ2v) is 4.88. The molecule has 2 aromatic rings. The Morgan fingerprint density at radius 3 is 2.37 bits per heavy atom. The molecule has 0 unspecified atom stereocenters. The molecule has 1 aromatic heterocycles. The monoisotopic (exact) mass is 396 g/mol. The number of benzene rings is 1. The highest BCUT2D eigenvalue weighted by Crippen LogP contribution is 2.34. The zero-order chi connectivity index (χ0) is 20.2. The Hall–Kier alpha value is -3.25. The number of carboxylic acid groups (broad SMARTS) is 1. The Labute approximate surface area is 147 Å². The lowest BCUT2D eigenvalue weighted by Gasteiger charge is -2.15. The molecule has 0 bridgehead atoms. The lowest BCUT2D eigenvalue weighted by atomic mass is 10.3. The van der Waals surface area contributed by atoms with Crippen molar-refractivity contribution in [3.63, 3.8) is 0 Å². The highest BCUT2D eigenvalue weighted by atomic mass is 19.4. The van der Waals surface area contributed by atoms with Gasteiger partial charge >= 0.3 is 18.5 Å². The van der Waals surface area contributed by atoms with Crippen LogP contribution in [0, 0.1) is 0 Å². The number of carboxylic acids is 1. The van der Waals surface area contributed by atoms with Gasteiger partial charge in [-0.3, -0.25) is 4.79 Å². The number of ether oxygens (including phenoxy) is 1. The van der Waals surface area contributed by atoms with E-state index in [0.29, 0.717) is 6.07 Å². The number of rotatable bonds is 6. The van der Waals surface area contributed by atoms with E-state index in [1.807, 2.05) is 0 Å². The van der Waals surface area contributed by atoms with Gasteiger partial charge in [0.05, 0.1) is 5.69 Å². The fourth-order valence-corrected chi connectivity index (χ4v) is 1.81. The minimum absolute atomic E-state index is 0.314. The van der Waals surface area contributed by atoms with E-state index >= 15 is 0 Å². The third-order valence-electron chi connectivity index (χ3n) is 2.79. The van der Waals surface area contributed by atoms with Crippen LogP contribution in [0.2, 0.25) is 0 Å². The van der Waals surface area contributed by atoms with E-state index in [0.717, 1.165) is 12.1 Å². The van der Waals surface area contributed by atoms with Gasteiger partial charge in [0.25, 0.3) is 0 Å². The van der Waals surface area contributed by atoms with Crippen molar-refractivity contribution in [2.75, 3.05) is 17.2 Å². The quantitative estimate of drug-likeness (QED) is 0.642. The van der Waals surface area contributed by atoms with E-state index in [4.69, 9.17) is 5.11 Å². The lowest BCUT2D eigenvalue weighted by molar-refractivity contribution is -0.274. The molecule has 0 saturated carbocycles. The minimum atomic E-state index is -5.02. The van der Waals surface area contributed by atoms with Crippen molar-refractivity contribution in [1.82, 2.24) is 9.97 Å². The molecular weight excluding hydrogens is 386 g/mol. The van der Waals surface area contributed by atoms with Gasteiger partial charge in [0, 0.05) is 6.07 Å². The van der Waals surface area contributed by atoms with Crippen LogP contribution in [0.1, 0.15) is 5.69 Å². The van der Waals surface area contributed by atoms with Crippen LogP contribution in [-0.4, -0.2) is 34.0 Å². The third-order valence-corrected chi connectivity index (χ3v) is 2.79. The summed E-state index contributed by atoms with van der Waals surface area (Å²) in [5.41, 5.74) is -1.74. The van der Waals surface area contributed by atoms with Gasteiger partial charge in [-0.25, -0.2) is 4.98 Å². The highest BCUT2D eigenvalue weighted by Gasteiger charge is 2.34. The molecule has 27 heavy (non-hydrogen) atoms. The predicted molar refractivity (Wildman–Crippen MR) is 79.6 cm³/mol. The van der Waals surface area contributed by atoms with Crippen molar-refractivity contribution >= 4 is 23.4 Å². The van der Waals surface area contributed by atoms with E-state index in [2.05, 4.69) is 25.3 Å². The van der Waals surface area contributed by atoms with E-state index < -0.39 is 48.3 Å². The van der Waals surface area contributed by atoms with Crippen molar-refractivity contribution < 1.29 is 41.0 Å². The number of hydrogen-bond acceptors (Lipinski definition) is 6. The summed E-state index contributed by atoms with van der Waals surface area (Å²) in [5.74, 6) is -3.28. The maximum atomic E-state index is 13.0. The number of aromatic nitrogens is 2. The van der Waals surface area contributed by atoms with Gasteiger partial charge in [0.15, 0.2) is 11.4 Å². The van der Waals surface area contributed by atoms with Crippen molar-refractivity contribution in [2.24, 2.45) is 0 Å². The van der Waals surface area contributed by atoms with Gasteiger partial charge in [-0.15, -0.1) is 13.2 Å². The molecule has 1 heterocycles. The number of carbonyl (C=O) groups is 1. The minimum Gasteiger partial charge on any atom is -0.480 e. The molecule has 0 aliphatic rings. The number of anilines is 3. The number of nitrogens with zero attached hydrogens (tertiary/aromatic N) is 2. The van der Waals surface area contributed by atoms with Crippen LogP contribution in [0.4, 0.5) is 43.8 Å². The molecule has 13 heteroatoms. The topological polar surface area (TPSA) is 96.4 Å². The predicted octanol–water partition coefficient (Wildman–Crippen LogP) is 3.63. The summed E-state index contributed by atoms with van der Waals surface area (Å²) in [4.78, 5) is 17.3. The van der Waals surface area contributed by atoms with Crippen molar-refractivity contribution in [1.29, 1.82) is 0 Å². The van der Waals surface area contributed by atoms with E-state index in [9.17, 15) is 31.1 Å². The van der Waals surface area contributed by atoms with Crippen LogP contribution in [0.5, 0.6) is 5.75 Å². The zero-order valence-electron chi connectivity index (χ0n) is 13.0. The van der Waals surface area contributed by atoms with E-state index in [-0.39, 0.29) is 5.69 Å². The first-order valence-electron chi connectivity index (χ1n) is 6.98. The molecular formula is C14H10F6N4O3. The van der Waals surface area contributed by atoms with Gasteiger partial charge in [-0.05, 0) is 12.1 Å². The summed E-state index contributed by atoms with van der Waals surface area (Å²) >= 11 is 0. The average molecular weight is 396 g/mol. The smallest absolute Gasteiger partial charge is 0.480 e. The Morgan fingerprint density at radius 1 is 1.11 bits per heavy atom. The van der Waals surface area contributed by atoms with Crippen LogP contribution >= 0.6 is 0 Å². The van der Waals surface area contributed by atoms with Crippen molar-refractivity contribution in [2.45, 2.75) is 12.5 Å². The van der Waals surface area contributed by atoms with Crippen LogP contribution in [0.25, 0.3) is 0 Å². The largest absolute Gasteiger partial charge is 0.573 e. The number of para-hydroxylation sites is 2. The number of hydrogen-bond donors (Lipinski definition) is 3. The number of nitrogens with one attached hydrogen (secondary N) is 2. The first-order chi connectivity index (χ1) is 12.4. The summed E-state index contributed by atoms with van der Waals surface area (Å²) < 4.78 is 79.9. The Bertz CT molecular complexity index is 825. The molecule has 0 fully saturated rings. The van der Waals surface area contributed by atoms with Gasteiger partial charge in [0.1, 0.15) is 12.4 Å². The Kier molecular flexibility index (Phi) is 5.61. The lowest BCUT2D eigenvalue weighted by Crippen LogP contribution is -2.19. The molecule has 3 N–H and O–H groups in total. The van der Waals surface area contributed by atoms with Crippen LogP contribution in [-0.2, 0) is 11.0 Å². The SMILES string of the molecule is O=C(O)CNc1nc(Nc2ccccc2OC(F)(F)F)cc(C(F)(F)F)n1. The molecule has 7 nitrogen and oxygen atoms in total. The van der Waals surface area contributed by atoms with Crippen LogP contribution in [0.15, 0.2) is 30.3 Å². The fourth-order valence-electron chi connectivity index (χ4n) is 1.81. The Balaban J connectivity index is 2.38. The zero-order valence-corrected chi connectivity index (χ0v) is 13.0. The normalized spacial score (nSPS) is 11.8. The maximum Gasteiger partial charge on any atom is 0.573 e. The van der Waals surface area contributed by atoms with E-state index in [1.54, 1.807) is 0 Å². The molecule has 2 rings (SSSR count). The van der Waals surface area contributed by atoms with Gasteiger partial charge in [0.2, 0.25) is 5.95 Å². The van der Waals surface area contributed by atoms with Gasteiger partial charge in [-0.2, -0.15) is 18.2 Å². The molecule has 0 amide bonds. The van der Waals surface area contributed by atoms with Crippen molar-refractivity contribution in [3.05, 3.63) is 36.0 Å². The number of halogens is 6. The first kappa shape index (κ1) is 20.1. The summed E-state index contributed by atoms with van der Waals surface area (Å²) in [5, 5.41) is 12.9. The molecule has 0 aliphatic carbocycles. The summed E-state index contributed by atoms with van der Waals surface area (Å²) in [7, 11) is 0. The van der Waals surface area contributed by atoms with E-state index in [1.165, 1.54) is 12.1 Å². The Morgan fingerprint density at radius 2 is 1.78 bits per heavy atom. The molecule has 146 valence electrons. The summed E-state index contributed by atoms with van der Waals surface area (Å²) in [6, 6.07) is 5.08.